The number of carbonyl (C=O) groups excluding carboxylic acids is 1. The van der Waals surface area contributed by atoms with Crippen LogP contribution in [0.15, 0.2) is 10.9 Å². The van der Waals surface area contributed by atoms with Gasteiger partial charge in [-0.15, -0.1) is 0 Å². The van der Waals surface area contributed by atoms with Crippen LogP contribution in [0.4, 0.5) is 0 Å². The first kappa shape index (κ1) is 11.6. The highest BCUT2D eigenvalue weighted by Crippen LogP contribution is 2.09. The summed E-state index contributed by atoms with van der Waals surface area (Å²) in [5.41, 5.74) is 0.684. The van der Waals surface area contributed by atoms with E-state index < -0.39 is 0 Å². The van der Waals surface area contributed by atoms with Gasteiger partial charge in [-0.1, -0.05) is 20.8 Å². The molecular weight excluding hydrogens is 192 g/mol. The second-order valence-electron chi connectivity index (χ2n) is 3.83. The predicted octanol–water partition coefficient (Wildman–Crippen LogP) is 1.59. The Labute approximate surface area is 88.9 Å². The zero-order valence-electron chi connectivity index (χ0n) is 9.36. The first-order valence-corrected chi connectivity index (χ1v) is 5.17. The molecule has 0 saturated carbocycles. The third kappa shape index (κ3) is 2.52. The lowest BCUT2D eigenvalue weighted by Crippen LogP contribution is -2.27. The molecule has 1 heterocycles. The Hall–Kier alpha value is -1.45. The first-order valence-electron chi connectivity index (χ1n) is 5.17. The van der Waals surface area contributed by atoms with Crippen molar-refractivity contribution in [2.24, 2.45) is 0 Å². The SMILES string of the molecule is CCCn1nc(C(C)C)cc(C=O)c1=O. The van der Waals surface area contributed by atoms with Crippen molar-refractivity contribution >= 4 is 6.29 Å². The highest BCUT2D eigenvalue weighted by molar-refractivity contribution is 5.74. The van der Waals surface area contributed by atoms with Crippen molar-refractivity contribution in [2.75, 3.05) is 0 Å². The van der Waals surface area contributed by atoms with Gasteiger partial charge in [-0.25, -0.2) is 4.68 Å². The van der Waals surface area contributed by atoms with Crippen molar-refractivity contribution in [3.63, 3.8) is 0 Å². The molecule has 82 valence electrons. The summed E-state index contributed by atoms with van der Waals surface area (Å²) in [6.07, 6.45) is 1.43. The average molecular weight is 208 g/mol. The second kappa shape index (κ2) is 4.87. The van der Waals surface area contributed by atoms with Crippen molar-refractivity contribution in [3.8, 4) is 0 Å². The molecular formula is C11H16N2O2. The quantitative estimate of drug-likeness (QED) is 0.706. The largest absolute Gasteiger partial charge is 0.298 e. The molecule has 1 aromatic rings. The summed E-state index contributed by atoms with van der Waals surface area (Å²) in [5.74, 6) is 0.215. The van der Waals surface area contributed by atoms with Crippen LogP contribution in [-0.4, -0.2) is 16.1 Å². The van der Waals surface area contributed by atoms with Gasteiger partial charge in [-0.2, -0.15) is 5.10 Å². The van der Waals surface area contributed by atoms with E-state index >= 15 is 0 Å². The second-order valence-corrected chi connectivity index (χ2v) is 3.83. The lowest BCUT2D eigenvalue weighted by molar-refractivity contribution is 0.112. The van der Waals surface area contributed by atoms with Gasteiger partial charge in [0.2, 0.25) is 0 Å². The molecule has 0 fully saturated rings. The summed E-state index contributed by atoms with van der Waals surface area (Å²) in [5, 5.41) is 4.22. The summed E-state index contributed by atoms with van der Waals surface area (Å²) in [6.45, 7) is 6.49. The number of nitrogens with zero attached hydrogens (tertiary/aromatic N) is 2. The molecule has 0 spiro atoms. The van der Waals surface area contributed by atoms with E-state index in [2.05, 4.69) is 5.10 Å². The van der Waals surface area contributed by atoms with E-state index in [0.29, 0.717) is 12.8 Å². The van der Waals surface area contributed by atoms with Crippen molar-refractivity contribution in [2.45, 2.75) is 39.7 Å². The molecule has 0 N–H and O–H groups in total. The zero-order valence-corrected chi connectivity index (χ0v) is 9.36. The number of hydrogen-bond donors (Lipinski definition) is 0. The molecule has 4 heteroatoms. The summed E-state index contributed by atoms with van der Waals surface area (Å²) < 4.78 is 1.37. The van der Waals surface area contributed by atoms with Crippen molar-refractivity contribution in [3.05, 3.63) is 27.7 Å². The topological polar surface area (TPSA) is 52.0 Å². The molecule has 1 aromatic heterocycles. The van der Waals surface area contributed by atoms with Gasteiger partial charge in [0.15, 0.2) is 6.29 Å². The Morgan fingerprint density at radius 3 is 2.67 bits per heavy atom. The van der Waals surface area contributed by atoms with Crippen LogP contribution < -0.4 is 5.56 Å². The molecule has 0 aromatic carbocycles. The van der Waals surface area contributed by atoms with Gasteiger partial charge in [0.1, 0.15) is 0 Å². The standard InChI is InChI=1S/C11H16N2O2/c1-4-5-13-11(15)9(7-14)6-10(12-13)8(2)3/h6-8H,4-5H2,1-3H3. The molecule has 15 heavy (non-hydrogen) atoms. The minimum absolute atomic E-state index is 0.196. The highest BCUT2D eigenvalue weighted by Gasteiger charge is 2.09. The molecule has 4 nitrogen and oxygen atoms in total. The van der Waals surface area contributed by atoms with Gasteiger partial charge < -0.3 is 0 Å². The monoisotopic (exact) mass is 208 g/mol. The van der Waals surface area contributed by atoms with Crippen LogP contribution in [-0.2, 0) is 6.54 Å². The molecule has 1 rings (SSSR count). The fraction of sp³-hybridized carbons (Fsp3) is 0.545. The van der Waals surface area contributed by atoms with E-state index in [1.807, 2.05) is 20.8 Å². The molecule has 0 radical (unpaired) electrons. The van der Waals surface area contributed by atoms with E-state index in [-0.39, 0.29) is 17.0 Å². The van der Waals surface area contributed by atoms with Gasteiger partial charge in [-0.3, -0.25) is 9.59 Å². The molecule has 0 aliphatic rings. The summed E-state index contributed by atoms with van der Waals surface area (Å²) in [4.78, 5) is 22.4. The van der Waals surface area contributed by atoms with Crippen LogP contribution in [0.5, 0.6) is 0 Å². The Kier molecular flexibility index (Phi) is 3.77. The van der Waals surface area contributed by atoms with Crippen molar-refractivity contribution in [1.82, 2.24) is 9.78 Å². The van der Waals surface area contributed by atoms with Crippen LogP contribution >= 0.6 is 0 Å². The number of hydrogen-bond acceptors (Lipinski definition) is 3. The van der Waals surface area contributed by atoms with E-state index in [4.69, 9.17) is 0 Å². The molecule has 0 unspecified atom stereocenters. The number of aromatic nitrogens is 2. The van der Waals surface area contributed by atoms with Crippen LogP contribution in [0.3, 0.4) is 0 Å². The smallest absolute Gasteiger partial charge is 0.277 e. The Morgan fingerprint density at radius 1 is 1.53 bits per heavy atom. The normalized spacial score (nSPS) is 10.7. The number of aryl methyl sites for hydroxylation is 1. The van der Waals surface area contributed by atoms with Gasteiger partial charge in [0, 0.05) is 6.54 Å². The first-order chi connectivity index (χ1) is 7.10. The van der Waals surface area contributed by atoms with E-state index in [0.717, 1.165) is 12.1 Å². The fourth-order valence-corrected chi connectivity index (χ4v) is 1.31. The highest BCUT2D eigenvalue weighted by atomic mass is 16.1. The van der Waals surface area contributed by atoms with Gasteiger partial charge in [0.25, 0.3) is 5.56 Å². The van der Waals surface area contributed by atoms with E-state index in [1.165, 1.54) is 4.68 Å². The third-order valence-electron chi connectivity index (χ3n) is 2.17. The predicted molar refractivity (Wildman–Crippen MR) is 58.3 cm³/mol. The molecule has 0 aliphatic heterocycles. The summed E-state index contributed by atoms with van der Waals surface area (Å²) in [7, 11) is 0. The van der Waals surface area contributed by atoms with Gasteiger partial charge >= 0.3 is 0 Å². The van der Waals surface area contributed by atoms with Crippen LogP contribution in [0.25, 0.3) is 0 Å². The maximum Gasteiger partial charge on any atom is 0.277 e. The lowest BCUT2D eigenvalue weighted by atomic mass is 10.1. The number of aldehydes is 1. The average Bonchev–Trinajstić information content (AvgIpc) is 2.21. The Bertz CT molecular complexity index is 408. The molecule has 0 aliphatic carbocycles. The number of carbonyl (C=O) groups is 1. The summed E-state index contributed by atoms with van der Waals surface area (Å²) >= 11 is 0. The third-order valence-corrected chi connectivity index (χ3v) is 2.17. The van der Waals surface area contributed by atoms with Crippen molar-refractivity contribution < 1.29 is 4.79 Å². The Morgan fingerprint density at radius 2 is 2.20 bits per heavy atom. The lowest BCUT2D eigenvalue weighted by Gasteiger charge is -2.09. The van der Waals surface area contributed by atoms with Crippen LogP contribution in [0.2, 0.25) is 0 Å². The maximum absolute atomic E-state index is 11.6. The molecule has 0 saturated heterocycles. The van der Waals surface area contributed by atoms with E-state index in [9.17, 15) is 9.59 Å². The minimum Gasteiger partial charge on any atom is -0.298 e. The molecule has 0 amide bonds. The fourth-order valence-electron chi connectivity index (χ4n) is 1.31. The van der Waals surface area contributed by atoms with Crippen LogP contribution in [0.1, 0.15) is 49.2 Å². The zero-order chi connectivity index (χ0) is 11.4. The Balaban J connectivity index is 3.31. The van der Waals surface area contributed by atoms with Crippen LogP contribution in [0, 0.1) is 0 Å². The molecule has 0 bridgehead atoms. The van der Waals surface area contributed by atoms with E-state index in [1.54, 1.807) is 6.07 Å². The summed E-state index contributed by atoms with van der Waals surface area (Å²) in [6, 6.07) is 1.58. The minimum atomic E-state index is -0.295. The van der Waals surface area contributed by atoms with Crippen molar-refractivity contribution in [1.29, 1.82) is 0 Å². The van der Waals surface area contributed by atoms with Gasteiger partial charge in [0.05, 0.1) is 11.3 Å². The molecule has 0 atom stereocenters. The van der Waals surface area contributed by atoms with Gasteiger partial charge in [-0.05, 0) is 18.4 Å². The maximum atomic E-state index is 11.6. The number of rotatable bonds is 4.